The molecule has 7 unspecified atom stereocenters. The Kier molecular flexibility index (Phi) is 15.9. The van der Waals surface area contributed by atoms with Gasteiger partial charge in [-0.1, -0.05) is 19.9 Å². The predicted octanol–water partition coefficient (Wildman–Crippen LogP) is -1.60. The van der Waals surface area contributed by atoms with Crippen LogP contribution in [0.15, 0.2) is 24.8 Å². The summed E-state index contributed by atoms with van der Waals surface area (Å²) in [7, 11) is -16.4. The molecular formula is C26H40N7O19P3. The average Bonchev–Trinajstić information content (AvgIpc) is 3.62. The number of amides is 2. The number of nitrogen functional groups attached to an aromatic ring is 1. The molecule has 26 nitrogen and oxygen atoms in total. The number of nitrogens with two attached hydrogens (primary N) is 1. The highest BCUT2D eigenvalue weighted by molar-refractivity contribution is 7.61. The van der Waals surface area contributed by atoms with Gasteiger partial charge >= 0.3 is 29.4 Å². The Morgan fingerprint density at radius 1 is 1.04 bits per heavy atom. The molecule has 11 N–H and O–H groups in total. The first-order valence-corrected chi connectivity index (χ1v) is 20.2. The summed E-state index contributed by atoms with van der Waals surface area (Å²) in [5.41, 5.74) is 4.18. The zero-order chi connectivity index (χ0) is 41.4. The van der Waals surface area contributed by atoms with Crippen molar-refractivity contribution >= 4 is 64.0 Å². The van der Waals surface area contributed by atoms with Gasteiger partial charge in [0.1, 0.15) is 36.3 Å². The Labute approximate surface area is 310 Å². The number of ether oxygens (including phenoxy) is 1. The Bertz CT molecular complexity index is 1890. The molecule has 0 aliphatic carbocycles. The highest BCUT2D eigenvalue weighted by Gasteiger charge is 2.50. The lowest BCUT2D eigenvalue weighted by Crippen LogP contribution is -2.46. The van der Waals surface area contributed by atoms with Crippen molar-refractivity contribution in [3.8, 4) is 0 Å². The van der Waals surface area contributed by atoms with Crippen LogP contribution in [0.2, 0.25) is 0 Å². The van der Waals surface area contributed by atoms with Gasteiger partial charge in [0, 0.05) is 31.3 Å². The lowest BCUT2D eigenvalue weighted by atomic mass is 9.87. The lowest BCUT2D eigenvalue weighted by molar-refractivity contribution is -0.137. The Morgan fingerprint density at radius 3 is 2.35 bits per heavy atom. The largest absolute Gasteiger partial charge is 0.481 e. The van der Waals surface area contributed by atoms with Gasteiger partial charge in [0.05, 0.1) is 26.0 Å². The summed E-state index contributed by atoms with van der Waals surface area (Å²) in [5, 5.41) is 34.6. The van der Waals surface area contributed by atoms with E-state index in [1.54, 1.807) is 0 Å². The molecule has 1 aliphatic heterocycles. The van der Waals surface area contributed by atoms with Crippen LogP contribution in [-0.2, 0) is 55.5 Å². The van der Waals surface area contributed by atoms with Gasteiger partial charge in [0.2, 0.25) is 11.8 Å². The maximum atomic E-state index is 12.6. The number of carbonyl (C=O) groups excluding carboxylic acids is 3. The lowest BCUT2D eigenvalue weighted by Gasteiger charge is -2.30. The fraction of sp³-hybridized carbons (Fsp3) is 0.577. The topological polar surface area (TPSA) is 401 Å². The number of phosphoric acid groups is 3. The minimum Gasteiger partial charge on any atom is -0.481 e. The molecule has 0 radical (unpaired) electrons. The van der Waals surface area contributed by atoms with Crippen molar-refractivity contribution < 1.29 is 90.4 Å². The quantitative estimate of drug-likeness (QED) is 0.0471. The molecule has 2 aromatic heterocycles. The van der Waals surface area contributed by atoms with Crippen LogP contribution in [0.1, 0.15) is 39.3 Å². The Balaban J connectivity index is 1.50. The number of nitrogens with one attached hydrogen (secondary N) is 2. The van der Waals surface area contributed by atoms with E-state index in [2.05, 4.69) is 34.4 Å². The molecule has 3 heterocycles. The molecule has 0 bridgehead atoms. The third-order valence-electron chi connectivity index (χ3n) is 7.37. The van der Waals surface area contributed by atoms with Gasteiger partial charge in [-0.25, -0.2) is 28.6 Å². The van der Waals surface area contributed by atoms with E-state index in [0.717, 1.165) is 29.4 Å². The first kappa shape index (κ1) is 45.8. The first-order valence-electron chi connectivity index (χ1n) is 15.7. The van der Waals surface area contributed by atoms with Crippen molar-refractivity contribution in [3.63, 3.8) is 0 Å². The van der Waals surface area contributed by atoms with Crippen molar-refractivity contribution in [2.24, 2.45) is 5.41 Å². The van der Waals surface area contributed by atoms with Gasteiger partial charge in [-0.05, 0) is 6.08 Å². The van der Waals surface area contributed by atoms with Crippen molar-refractivity contribution in [1.82, 2.24) is 30.2 Å². The molecule has 55 heavy (non-hydrogen) atoms. The molecule has 7 atom stereocenters. The number of hydrogen-bond acceptors (Lipinski definition) is 18. The van der Waals surface area contributed by atoms with Gasteiger partial charge in [-0.3, -0.25) is 37.3 Å². The number of allylic oxidation sites excluding steroid dienone is 1. The predicted molar refractivity (Wildman–Crippen MR) is 181 cm³/mol. The first-order chi connectivity index (χ1) is 25.4. The second-order valence-electron chi connectivity index (χ2n) is 12.3. The van der Waals surface area contributed by atoms with E-state index >= 15 is 0 Å². The van der Waals surface area contributed by atoms with Crippen molar-refractivity contribution in [2.45, 2.75) is 63.8 Å². The molecule has 1 saturated heterocycles. The minimum atomic E-state index is -5.59. The normalized spacial score (nSPS) is 21.9. The summed E-state index contributed by atoms with van der Waals surface area (Å²) in [4.78, 5) is 97.3. The van der Waals surface area contributed by atoms with E-state index in [9.17, 15) is 62.7 Å². The van der Waals surface area contributed by atoms with E-state index in [1.165, 1.54) is 13.8 Å². The number of anilines is 1. The fourth-order valence-corrected chi connectivity index (χ4v) is 7.47. The van der Waals surface area contributed by atoms with E-state index in [1.807, 2.05) is 0 Å². The van der Waals surface area contributed by atoms with Gasteiger partial charge < -0.3 is 56.0 Å². The van der Waals surface area contributed by atoms with Crippen LogP contribution >= 0.6 is 23.5 Å². The molecule has 0 aromatic carbocycles. The van der Waals surface area contributed by atoms with Crippen LogP contribution in [0, 0.1) is 5.41 Å². The second kappa shape index (κ2) is 19.0. The fourth-order valence-electron chi connectivity index (χ4n) is 4.64. The highest BCUT2D eigenvalue weighted by Crippen LogP contribution is 2.61. The van der Waals surface area contributed by atoms with Gasteiger partial charge in [0.15, 0.2) is 23.5 Å². The van der Waals surface area contributed by atoms with E-state index in [4.69, 9.17) is 24.6 Å². The third kappa shape index (κ3) is 14.1. The summed E-state index contributed by atoms with van der Waals surface area (Å²) >= 11 is 0. The number of fused-ring (bicyclic) bond motifs is 1. The summed E-state index contributed by atoms with van der Waals surface area (Å²) in [5.74, 6) is -3.19. The van der Waals surface area contributed by atoms with Crippen molar-refractivity contribution in [2.75, 3.05) is 32.0 Å². The number of nitrogens with zero attached hydrogens (tertiary/aromatic N) is 4. The van der Waals surface area contributed by atoms with Crippen molar-refractivity contribution in [3.05, 3.63) is 24.8 Å². The number of carbonyl (C=O) groups is 4. The molecule has 308 valence electrons. The van der Waals surface area contributed by atoms with E-state index in [-0.39, 0.29) is 49.3 Å². The average molecular weight is 848 g/mol. The number of aliphatic carboxylic acids is 1. The highest BCUT2D eigenvalue weighted by atomic mass is 31.3. The molecule has 1 aliphatic rings. The maximum Gasteiger partial charge on any atom is 0.481 e. The van der Waals surface area contributed by atoms with Crippen LogP contribution in [-0.4, -0.2) is 129 Å². The van der Waals surface area contributed by atoms with Gasteiger partial charge in [-0.2, -0.15) is 4.31 Å². The molecule has 29 heteroatoms. The Hall–Kier alpha value is -3.58. The van der Waals surface area contributed by atoms with Crippen LogP contribution in [0.5, 0.6) is 0 Å². The van der Waals surface area contributed by atoms with E-state index in [0.29, 0.717) is 0 Å². The monoisotopic (exact) mass is 847 g/mol. The number of aliphatic hydroxyl groups is 2. The molecule has 3 rings (SSSR count). The number of imidazole rings is 1. The molecule has 1 fully saturated rings. The molecule has 2 amide bonds. The third-order valence-corrected chi connectivity index (χ3v) is 10.5. The number of aliphatic hydroxyl groups excluding tert-OH is 2. The minimum absolute atomic E-state index is 0.0179. The number of aromatic nitrogens is 4. The van der Waals surface area contributed by atoms with E-state index < -0.39 is 96.3 Å². The van der Waals surface area contributed by atoms with Crippen LogP contribution in [0.4, 0.5) is 5.82 Å². The van der Waals surface area contributed by atoms with Crippen LogP contribution in [0.3, 0.4) is 0 Å². The summed E-state index contributed by atoms with van der Waals surface area (Å²) in [6.07, 6.45) is -5.36. The molecule has 0 saturated carbocycles. The number of ketones is 1. The standard InChI is InChI=1S/C26H40N7O19P3/c1-26(2,21(39)24(40)29-9-7-16(35)28-8-6-14(34)4-3-5-17(36)37)11-49-55(46,47)52-54(44,45)48-10-15-20(51-53(41,42)43)19(38)25(50-15)33-13-32-18-22(27)30-12-31-23(18)33/h3-4,12-13,15,19-21,25,38-39H,5-11H2,1-2H3,(H,28,35)(H,29,40)(H,36,37)(H,44,45)(H,46,47)(H2,27,30,31)(H2,41,42,43)/b4-3+. The number of hydrogen-bond donors (Lipinski definition) is 10. The summed E-state index contributed by atoms with van der Waals surface area (Å²) in [6.45, 7) is 0.0150. The van der Waals surface area contributed by atoms with Crippen molar-refractivity contribution in [1.29, 1.82) is 0 Å². The summed E-state index contributed by atoms with van der Waals surface area (Å²) < 4.78 is 61.9. The van der Waals surface area contributed by atoms with Crippen LogP contribution in [0.25, 0.3) is 11.2 Å². The maximum absolute atomic E-state index is 12.6. The SMILES string of the molecule is CC(C)(COP(=O)(O)OP(=O)(O)OCC1OC(n2cnc3c(N)ncnc32)C(O)C1OP(=O)(O)O)C(O)C(=O)NCCC(=O)NCCC(=O)/C=C/CC(=O)O. The zero-order valence-electron chi connectivity index (χ0n) is 28.9. The second-order valence-corrected chi connectivity index (χ2v) is 16.5. The van der Waals surface area contributed by atoms with Crippen LogP contribution < -0.4 is 16.4 Å². The zero-order valence-corrected chi connectivity index (χ0v) is 31.6. The molecular weight excluding hydrogens is 807 g/mol. The van der Waals surface area contributed by atoms with Gasteiger partial charge in [0.25, 0.3) is 0 Å². The number of carboxylic acid groups (broad SMARTS) is 1. The number of rotatable bonds is 22. The molecule has 2 aromatic rings. The smallest absolute Gasteiger partial charge is 0.481 e. The molecule has 0 spiro atoms. The number of phosphoric ester groups is 3. The summed E-state index contributed by atoms with van der Waals surface area (Å²) in [6, 6.07) is 0. The van der Waals surface area contributed by atoms with Gasteiger partial charge in [-0.15, -0.1) is 0 Å². The Morgan fingerprint density at radius 2 is 1.69 bits per heavy atom. The number of carboxylic acids is 1.